The van der Waals surface area contributed by atoms with Gasteiger partial charge in [-0.2, -0.15) is 0 Å². The third kappa shape index (κ3) is 3.61. The number of nitrogens with one attached hydrogen (secondary N) is 1. The van der Waals surface area contributed by atoms with Crippen LogP contribution < -0.4 is 10.1 Å². The minimum Gasteiger partial charge on any atom is -0.496 e. The van der Waals surface area contributed by atoms with Gasteiger partial charge in [-0.25, -0.2) is 0 Å². The number of hydrogen-bond donors (Lipinski definition) is 1. The molecule has 3 heteroatoms. The molecule has 3 nitrogen and oxygen atoms in total. The van der Waals surface area contributed by atoms with E-state index >= 15 is 0 Å². The molecule has 0 saturated carbocycles. The molecule has 102 valence electrons. The van der Waals surface area contributed by atoms with E-state index in [9.17, 15) is 0 Å². The van der Waals surface area contributed by atoms with Crippen molar-refractivity contribution in [3.05, 3.63) is 53.5 Å². The predicted octanol–water partition coefficient (Wildman–Crippen LogP) is 3.32. The average Bonchev–Trinajstić information content (AvgIpc) is 2.82. The van der Waals surface area contributed by atoms with Crippen molar-refractivity contribution in [2.75, 3.05) is 7.11 Å². The van der Waals surface area contributed by atoms with Crippen LogP contribution in [0.15, 0.2) is 41.0 Å². The van der Waals surface area contributed by atoms with Gasteiger partial charge in [0.15, 0.2) is 0 Å². The lowest BCUT2D eigenvalue weighted by Crippen LogP contribution is -2.27. The van der Waals surface area contributed by atoms with Gasteiger partial charge in [-0.15, -0.1) is 0 Å². The molecule has 0 aliphatic heterocycles. The molecule has 1 N–H and O–H groups in total. The maximum atomic E-state index is 5.42. The fraction of sp³-hybridized carbons (Fsp3) is 0.375. The molecule has 0 bridgehead atoms. The SMILES string of the molecule is COc1ccccc1CC(C)NCc1occc1C. The van der Waals surface area contributed by atoms with Crippen LogP contribution >= 0.6 is 0 Å². The van der Waals surface area contributed by atoms with Crippen molar-refractivity contribution in [3.63, 3.8) is 0 Å². The topological polar surface area (TPSA) is 34.4 Å². The highest BCUT2D eigenvalue weighted by Gasteiger charge is 2.09. The van der Waals surface area contributed by atoms with Crippen LogP contribution in [0.3, 0.4) is 0 Å². The first-order chi connectivity index (χ1) is 9.20. The van der Waals surface area contributed by atoms with Gasteiger partial charge in [0, 0.05) is 6.04 Å². The van der Waals surface area contributed by atoms with Gasteiger partial charge in [-0.05, 0) is 43.5 Å². The van der Waals surface area contributed by atoms with E-state index < -0.39 is 0 Å². The summed E-state index contributed by atoms with van der Waals surface area (Å²) in [7, 11) is 1.71. The molecule has 0 radical (unpaired) electrons. The number of methoxy groups -OCH3 is 1. The van der Waals surface area contributed by atoms with E-state index in [1.807, 2.05) is 24.3 Å². The van der Waals surface area contributed by atoms with Gasteiger partial charge in [-0.1, -0.05) is 18.2 Å². The molecule has 1 atom stereocenters. The van der Waals surface area contributed by atoms with Crippen molar-refractivity contribution in [2.24, 2.45) is 0 Å². The summed E-state index contributed by atoms with van der Waals surface area (Å²) in [5.41, 5.74) is 2.41. The third-order valence-corrected chi connectivity index (χ3v) is 3.30. The maximum absolute atomic E-state index is 5.42. The molecule has 1 aromatic carbocycles. The van der Waals surface area contributed by atoms with E-state index in [2.05, 4.69) is 25.2 Å². The lowest BCUT2D eigenvalue weighted by atomic mass is 10.1. The highest BCUT2D eigenvalue weighted by atomic mass is 16.5. The summed E-state index contributed by atoms with van der Waals surface area (Å²) in [6.07, 6.45) is 2.67. The van der Waals surface area contributed by atoms with Crippen LogP contribution in [0.4, 0.5) is 0 Å². The molecule has 1 aromatic heterocycles. The van der Waals surface area contributed by atoms with Crippen LogP contribution in [0.5, 0.6) is 5.75 Å². The van der Waals surface area contributed by atoms with Crippen LogP contribution in [-0.2, 0) is 13.0 Å². The number of ether oxygens (including phenoxy) is 1. The van der Waals surface area contributed by atoms with Gasteiger partial charge in [0.05, 0.1) is 19.9 Å². The average molecular weight is 259 g/mol. The standard InChI is InChI=1S/C16H21NO2/c1-12-8-9-19-16(12)11-17-13(2)10-14-6-4-5-7-15(14)18-3/h4-9,13,17H,10-11H2,1-3H3. The van der Waals surface area contributed by atoms with Gasteiger partial charge < -0.3 is 14.5 Å². The zero-order valence-corrected chi connectivity index (χ0v) is 11.8. The quantitative estimate of drug-likeness (QED) is 0.864. The summed E-state index contributed by atoms with van der Waals surface area (Å²) in [4.78, 5) is 0. The van der Waals surface area contributed by atoms with Crippen molar-refractivity contribution in [2.45, 2.75) is 32.9 Å². The zero-order valence-electron chi connectivity index (χ0n) is 11.8. The van der Waals surface area contributed by atoms with Crippen LogP contribution in [0.2, 0.25) is 0 Å². The largest absolute Gasteiger partial charge is 0.496 e. The molecule has 1 heterocycles. The summed E-state index contributed by atoms with van der Waals surface area (Å²) in [5, 5.41) is 3.48. The second-order valence-corrected chi connectivity index (χ2v) is 4.82. The highest BCUT2D eigenvalue weighted by Crippen LogP contribution is 2.19. The van der Waals surface area contributed by atoms with Crippen molar-refractivity contribution < 1.29 is 9.15 Å². The van der Waals surface area contributed by atoms with E-state index in [1.165, 1.54) is 11.1 Å². The molecule has 2 rings (SSSR count). The molecule has 0 saturated heterocycles. The monoisotopic (exact) mass is 259 g/mol. The number of benzene rings is 1. The summed E-state index contributed by atoms with van der Waals surface area (Å²) in [5.74, 6) is 1.96. The van der Waals surface area contributed by atoms with Gasteiger partial charge in [0.1, 0.15) is 11.5 Å². The van der Waals surface area contributed by atoms with E-state index in [4.69, 9.17) is 9.15 Å². The normalized spacial score (nSPS) is 12.4. The summed E-state index contributed by atoms with van der Waals surface area (Å²) in [6, 6.07) is 10.5. The third-order valence-electron chi connectivity index (χ3n) is 3.30. The number of furan rings is 1. The van der Waals surface area contributed by atoms with Crippen molar-refractivity contribution in [1.29, 1.82) is 0 Å². The Labute approximate surface area is 114 Å². The Hall–Kier alpha value is -1.74. The van der Waals surface area contributed by atoms with Crippen LogP contribution in [0.1, 0.15) is 23.8 Å². The zero-order chi connectivity index (χ0) is 13.7. The van der Waals surface area contributed by atoms with Gasteiger partial charge in [0.25, 0.3) is 0 Å². The minimum absolute atomic E-state index is 0.362. The molecule has 0 fully saturated rings. The summed E-state index contributed by atoms with van der Waals surface area (Å²) < 4.78 is 10.8. The molecule has 0 amide bonds. The second kappa shape index (κ2) is 6.43. The van der Waals surface area contributed by atoms with E-state index in [-0.39, 0.29) is 0 Å². The Kier molecular flexibility index (Phi) is 4.63. The fourth-order valence-electron chi connectivity index (χ4n) is 2.13. The Morgan fingerprint density at radius 1 is 1.26 bits per heavy atom. The van der Waals surface area contributed by atoms with E-state index in [1.54, 1.807) is 13.4 Å². The van der Waals surface area contributed by atoms with Crippen LogP contribution in [0, 0.1) is 6.92 Å². The fourth-order valence-corrected chi connectivity index (χ4v) is 2.13. The first kappa shape index (κ1) is 13.7. The lowest BCUT2D eigenvalue weighted by molar-refractivity contribution is 0.403. The first-order valence-electron chi connectivity index (χ1n) is 6.59. The number of para-hydroxylation sites is 1. The summed E-state index contributed by atoms with van der Waals surface area (Å²) in [6.45, 7) is 4.99. The van der Waals surface area contributed by atoms with Gasteiger partial charge >= 0.3 is 0 Å². The predicted molar refractivity (Wildman–Crippen MR) is 76.4 cm³/mol. The maximum Gasteiger partial charge on any atom is 0.122 e. The molecular weight excluding hydrogens is 238 g/mol. The second-order valence-electron chi connectivity index (χ2n) is 4.82. The Balaban J connectivity index is 1.90. The molecule has 0 spiro atoms. The molecule has 1 unspecified atom stereocenters. The molecule has 0 aliphatic rings. The molecule has 2 aromatic rings. The number of aryl methyl sites for hydroxylation is 1. The van der Waals surface area contributed by atoms with Crippen LogP contribution in [-0.4, -0.2) is 13.2 Å². The Morgan fingerprint density at radius 3 is 2.74 bits per heavy atom. The lowest BCUT2D eigenvalue weighted by Gasteiger charge is -2.15. The van der Waals surface area contributed by atoms with Gasteiger partial charge in [0.2, 0.25) is 0 Å². The Morgan fingerprint density at radius 2 is 2.05 bits per heavy atom. The molecular formula is C16H21NO2. The van der Waals surface area contributed by atoms with E-state index in [0.29, 0.717) is 6.04 Å². The van der Waals surface area contributed by atoms with E-state index in [0.717, 1.165) is 24.5 Å². The smallest absolute Gasteiger partial charge is 0.122 e. The first-order valence-corrected chi connectivity index (χ1v) is 6.59. The molecule has 19 heavy (non-hydrogen) atoms. The molecule has 0 aliphatic carbocycles. The summed E-state index contributed by atoms with van der Waals surface area (Å²) >= 11 is 0. The highest BCUT2D eigenvalue weighted by molar-refractivity contribution is 5.33. The Bertz CT molecular complexity index is 519. The van der Waals surface area contributed by atoms with Crippen molar-refractivity contribution in [3.8, 4) is 5.75 Å². The van der Waals surface area contributed by atoms with Crippen LogP contribution in [0.25, 0.3) is 0 Å². The van der Waals surface area contributed by atoms with Crippen molar-refractivity contribution >= 4 is 0 Å². The number of rotatable bonds is 6. The number of hydrogen-bond acceptors (Lipinski definition) is 3. The minimum atomic E-state index is 0.362. The van der Waals surface area contributed by atoms with Crippen molar-refractivity contribution in [1.82, 2.24) is 5.32 Å². The van der Waals surface area contributed by atoms with Gasteiger partial charge in [-0.3, -0.25) is 0 Å².